The highest BCUT2D eigenvalue weighted by atomic mass is 16.7. The molecule has 0 amide bonds. The maximum Gasteiger partial charge on any atom is 0.465 e. The second kappa shape index (κ2) is 7.67. The summed E-state index contributed by atoms with van der Waals surface area (Å²) in [7, 11) is -1.71. The zero-order valence-corrected chi connectivity index (χ0v) is 16.7. The summed E-state index contributed by atoms with van der Waals surface area (Å²) in [6.07, 6.45) is 1.40. The summed E-state index contributed by atoms with van der Waals surface area (Å²) < 4.78 is 11.6. The topological polar surface area (TPSA) is 99.4 Å². The van der Waals surface area contributed by atoms with E-state index in [0.717, 1.165) is 21.6 Å². The van der Waals surface area contributed by atoms with Gasteiger partial charge < -0.3 is 29.6 Å². The first kappa shape index (κ1) is 20.8. The van der Waals surface area contributed by atoms with Crippen molar-refractivity contribution < 1.29 is 29.6 Å². The van der Waals surface area contributed by atoms with Gasteiger partial charge in [-0.05, 0) is 26.8 Å². The summed E-state index contributed by atoms with van der Waals surface area (Å²) in [5.41, 5.74) is 1.20. The summed E-state index contributed by atoms with van der Waals surface area (Å²) in [6.45, 7) is 0. The normalized spacial score (nSPS) is 16.7. The summed E-state index contributed by atoms with van der Waals surface area (Å²) in [6, 6.07) is 20.8. The third-order valence-corrected chi connectivity index (χ3v) is 6.01. The van der Waals surface area contributed by atoms with E-state index in [1.807, 2.05) is 54.6 Å². The molecule has 152 valence electrons. The molecule has 0 unspecified atom stereocenters. The maximum absolute atomic E-state index is 10.4. The van der Waals surface area contributed by atoms with Crippen molar-refractivity contribution in [3.05, 3.63) is 82.7 Å². The van der Waals surface area contributed by atoms with Gasteiger partial charge in [-0.15, -0.1) is 0 Å². The second-order valence-corrected chi connectivity index (χ2v) is 7.34. The van der Waals surface area contributed by atoms with Crippen LogP contribution >= 0.6 is 0 Å². The van der Waals surface area contributed by atoms with E-state index in [2.05, 4.69) is 0 Å². The van der Waals surface area contributed by atoms with Crippen molar-refractivity contribution >= 4 is 36.7 Å². The first-order valence-electron chi connectivity index (χ1n) is 9.56. The molecule has 3 aromatic rings. The number of hydrogen-bond acceptors (Lipinski definition) is 6. The van der Waals surface area contributed by atoms with Crippen LogP contribution in [0.5, 0.6) is 0 Å². The average molecular weight is 404 g/mol. The van der Waals surface area contributed by atoms with Crippen LogP contribution in [0.4, 0.5) is 0 Å². The van der Waals surface area contributed by atoms with Crippen LogP contribution in [-0.2, 0) is 9.47 Å². The average Bonchev–Trinajstić information content (AvgIpc) is 2.76. The van der Waals surface area contributed by atoms with Gasteiger partial charge in [0, 0.05) is 19.8 Å². The Morgan fingerprint density at radius 3 is 2.00 bits per heavy atom. The van der Waals surface area contributed by atoms with Crippen LogP contribution in [0.1, 0.15) is 5.56 Å². The van der Waals surface area contributed by atoms with Gasteiger partial charge in [0.05, 0.1) is 0 Å². The smallest absolute Gasteiger partial charge is 0.427 e. The Kier molecular flexibility index (Phi) is 5.32. The molecule has 0 radical (unpaired) electrons. The van der Waals surface area contributed by atoms with Crippen LogP contribution in [0.15, 0.2) is 66.7 Å². The first-order chi connectivity index (χ1) is 14.4. The molecule has 4 rings (SSSR count). The van der Waals surface area contributed by atoms with Crippen LogP contribution in [0.3, 0.4) is 0 Å². The fourth-order valence-corrected chi connectivity index (χ4v) is 4.63. The summed E-state index contributed by atoms with van der Waals surface area (Å²) in [4.78, 5) is 0. The third-order valence-electron chi connectivity index (χ3n) is 6.01. The lowest BCUT2D eigenvalue weighted by Crippen LogP contribution is -2.65. The molecule has 0 saturated carbocycles. The fraction of sp³-hybridized carbons (Fsp3) is 0.182. The lowest BCUT2D eigenvalue weighted by Gasteiger charge is -2.48. The molecule has 4 N–H and O–H groups in total. The molecule has 8 heteroatoms. The summed E-state index contributed by atoms with van der Waals surface area (Å²) in [5.74, 6) is -1.91. The third kappa shape index (κ3) is 2.70. The zero-order chi connectivity index (χ0) is 21.5. The van der Waals surface area contributed by atoms with Gasteiger partial charge >= 0.3 is 14.2 Å². The molecule has 0 bridgehead atoms. The highest BCUT2D eigenvalue weighted by Gasteiger charge is 2.68. The summed E-state index contributed by atoms with van der Waals surface area (Å²) in [5, 5.41) is 42.8. The molecule has 1 aliphatic carbocycles. The van der Waals surface area contributed by atoms with Crippen molar-refractivity contribution in [2.24, 2.45) is 0 Å². The standard InChI is InChI=1S/C22H22B2O6/c1-29-22(30-2)20(19-13-7-10-15-8-3-5-11-17(15)19)18-12-6-4-9-16(18)14-21(22,23(25)26)24(27)28/h3-14,25-28H,1-2H3. The van der Waals surface area contributed by atoms with Crippen molar-refractivity contribution in [1.82, 2.24) is 0 Å². The molecule has 0 heterocycles. The van der Waals surface area contributed by atoms with Crippen molar-refractivity contribution in [3.63, 3.8) is 0 Å². The van der Waals surface area contributed by atoms with Crippen LogP contribution in [0, 0.1) is 0 Å². The molecule has 0 fully saturated rings. The van der Waals surface area contributed by atoms with Gasteiger partial charge in [-0.3, -0.25) is 0 Å². The van der Waals surface area contributed by atoms with Gasteiger partial charge in [-0.2, -0.15) is 0 Å². The quantitative estimate of drug-likeness (QED) is 0.355. The van der Waals surface area contributed by atoms with Crippen LogP contribution < -0.4 is 10.4 Å². The summed E-state index contributed by atoms with van der Waals surface area (Å²) >= 11 is 0. The van der Waals surface area contributed by atoms with Gasteiger partial charge in [0.2, 0.25) is 5.79 Å². The molecule has 6 nitrogen and oxygen atoms in total. The monoisotopic (exact) mass is 404 g/mol. The van der Waals surface area contributed by atoms with E-state index in [0.29, 0.717) is 10.8 Å². The number of hydrogen-bond donors (Lipinski definition) is 4. The second-order valence-electron chi connectivity index (χ2n) is 7.34. The molecule has 0 aliphatic heterocycles. The largest absolute Gasteiger partial charge is 0.465 e. The minimum Gasteiger partial charge on any atom is -0.427 e. The highest BCUT2D eigenvalue weighted by Crippen LogP contribution is 2.53. The maximum atomic E-state index is 10.4. The highest BCUT2D eigenvalue weighted by molar-refractivity contribution is 6.71. The van der Waals surface area contributed by atoms with Crippen molar-refractivity contribution in [3.8, 4) is 0 Å². The van der Waals surface area contributed by atoms with Gasteiger partial charge in [0.25, 0.3) is 0 Å². The van der Waals surface area contributed by atoms with E-state index >= 15 is 0 Å². The number of ether oxygens (including phenoxy) is 2. The number of rotatable bonds is 5. The Balaban J connectivity index is 2.26. The Bertz CT molecular complexity index is 1190. The van der Waals surface area contributed by atoms with E-state index in [1.54, 1.807) is 12.1 Å². The lowest BCUT2D eigenvalue weighted by atomic mass is 9.34. The van der Waals surface area contributed by atoms with Gasteiger partial charge in [0.15, 0.2) is 0 Å². The molecular formula is C22H22B2O6. The first-order valence-corrected chi connectivity index (χ1v) is 9.56. The van der Waals surface area contributed by atoms with E-state index in [4.69, 9.17) is 9.47 Å². The van der Waals surface area contributed by atoms with Crippen molar-refractivity contribution in [2.45, 2.75) is 11.0 Å². The van der Waals surface area contributed by atoms with E-state index in [9.17, 15) is 20.1 Å². The van der Waals surface area contributed by atoms with Crippen LogP contribution in [-0.4, -0.2) is 54.3 Å². The molecule has 0 atom stereocenters. The SMILES string of the molecule is COC1(OC)C(c2cccc3ccccc23)=c2ccccc2=CC1(B(O)O)B(O)O. The number of benzene rings is 3. The molecule has 1 aliphatic rings. The van der Waals surface area contributed by atoms with Crippen molar-refractivity contribution in [1.29, 1.82) is 0 Å². The molecule has 3 aromatic carbocycles. The minimum absolute atomic E-state index is 0.476. The Morgan fingerprint density at radius 2 is 1.33 bits per heavy atom. The number of methoxy groups -OCH3 is 2. The van der Waals surface area contributed by atoms with Crippen molar-refractivity contribution in [2.75, 3.05) is 14.2 Å². The van der Waals surface area contributed by atoms with E-state index < -0.39 is 25.2 Å². The molecule has 0 saturated heterocycles. The van der Waals surface area contributed by atoms with E-state index in [-0.39, 0.29) is 0 Å². The lowest BCUT2D eigenvalue weighted by molar-refractivity contribution is -0.172. The predicted molar refractivity (Wildman–Crippen MR) is 116 cm³/mol. The minimum atomic E-state index is -2.20. The fourth-order valence-electron chi connectivity index (χ4n) is 4.63. The Hall–Kier alpha value is -2.45. The van der Waals surface area contributed by atoms with Crippen LogP contribution in [0.2, 0.25) is 5.21 Å². The Morgan fingerprint density at radius 1 is 0.733 bits per heavy atom. The molecule has 0 aromatic heterocycles. The predicted octanol–water partition coefficient (Wildman–Crippen LogP) is 0.0472. The number of fused-ring (bicyclic) bond motifs is 2. The van der Waals surface area contributed by atoms with E-state index in [1.165, 1.54) is 20.3 Å². The molecular weight excluding hydrogens is 382 g/mol. The van der Waals surface area contributed by atoms with Gasteiger partial charge in [-0.25, -0.2) is 0 Å². The zero-order valence-electron chi connectivity index (χ0n) is 16.7. The molecule has 0 spiro atoms. The molecule has 30 heavy (non-hydrogen) atoms. The van der Waals surface area contributed by atoms with Gasteiger partial charge in [0.1, 0.15) is 5.21 Å². The Labute approximate surface area is 174 Å². The van der Waals surface area contributed by atoms with Crippen LogP contribution in [0.25, 0.3) is 22.4 Å². The van der Waals surface area contributed by atoms with Gasteiger partial charge in [-0.1, -0.05) is 72.8 Å².